The first-order chi connectivity index (χ1) is 9.88. The van der Waals surface area contributed by atoms with Gasteiger partial charge in [-0.25, -0.2) is 22.3 Å². The molecule has 0 unspecified atom stereocenters. The largest absolute Gasteiger partial charge is 0.478 e. The Labute approximate surface area is 121 Å². The highest BCUT2D eigenvalue weighted by Gasteiger charge is 2.14. The highest BCUT2D eigenvalue weighted by atomic mass is 32.2. The summed E-state index contributed by atoms with van der Waals surface area (Å²) in [5.74, 6) is -1.58. The SMILES string of the molecule is O=C(O)c1ccc(S(=O)(=O)NCc2cccc(F)c2)cc1. The summed E-state index contributed by atoms with van der Waals surface area (Å²) in [4.78, 5) is 10.7. The Balaban J connectivity index is 2.13. The number of rotatable bonds is 5. The van der Waals surface area contributed by atoms with E-state index in [0.29, 0.717) is 5.56 Å². The van der Waals surface area contributed by atoms with Gasteiger partial charge in [0.05, 0.1) is 10.5 Å². The highest BCUT2D eigenvalue weighted by molar-refractivity contribution is 7.89. The van der Waals surface area contributed by atoms with Crippen molar-refractivity contribution in [1.29, 1.82) is 0 Å². The summed E-state index contributed by atoms with van der Waals surface area (Å²) in [5.41, 5.74) is 0.486. The zero-order chi connectivity index (χ0) is 15.5. The van der Waals surface area contributed by atoms with Crippen LogP contribution in [0.4, 0.5) is 4.39 Å². The van der Waals surface area contributed by atoms with Crippen molar-refractivity contribution in [3.8, 4) is 0 Å². The van der Waals surface area contributed by atoms with Crippen molar-refractivity contribution in [3.05, 3.63) is 65.5 Å². The van der Waals surface area contributed by atoms with Crippen LogP contribution in [0.15, 0.2) is 53.4 Å². The second kappa shape index (κ2) is 6.02. The van der Waals surface area contributed by atoms with Crippen LogP contribution < -0.4 is 4.72 Å². The Hall–Kier alpha value is -2.25. The molecule has 0 bridgehead atoms. The molecule has 0 aliphatic rings. The van der Waals surface area contributed by atoms with Crippen LogP contribution >= 0.6 is 0 Å². The van der Waals surface area contributed by atoms with E-state index in [4.69, 9.17) is 5.11 Å². The summed E-state index contributed by atoms with van der Waals surface area (Å²) < 4.78 is 39.4. The third-order valence-corrected chi connectivity index (χ3v) is 4.18. The van der Waals surface area contributed by atoms with Gasteiger partial charge in [-0.2, -0.15) is 0 Å². The predicted octanol–water partition coefficient (Wildman–Crippen LogP) is 2.00. The maximum atomic E-state index is 13.0. The van der Waals surface area contributed by atoms with Gasteiger partial charge in [-0.15, -0.1) is 0 Å². The minimum absolute atomic E-state index is 0.000851. The van der Waals surface area contributed by atoms with Crippen molar-refractivity contribution < 1.29 is 22.7 Å². The van der Waals surface area contributed by atoms with Gasteiger partial charge < -0.3 is 5.11 Å². The highest BCUT2D eigenvalue weighted by Crippen LogP contribution is 2.12. The number of carboxylic acids is 1. The second-order valence-corrected chi connectivity index (χ2v) is 6.05. The molecule has 0 aromatic heterocycles. The maximum absolute atomic E-state index is 13.0. The molecule has 0 saturated carbocycles. The molecule has 0 fully saturated rings. The zero-order valence-corrected chi connectivity index (χ0v) is 11.6. The van der Waals surface area contributed by atoms with Crippen LogP contribution in [0.25, 0.3) is 0 Å². The van der Waals surface area contributed by atoms with Crippen molar-refractivity contribution in [2.24, 2.45) is 0 Å². The minimum atomic E-state index is -3.78. The fraction of sp³-hybridized carbons (Fsp3) is 0.0714. The Bertz CT molecular complexity index is 757. The lowest BCUT2D eigenvalue weighted by atomic mass is 10.2. The van der Waals surface area contributed by atoms with E-state index in [1.54, 1.807) is 6.07 Å². The van der Waals surface area contributed by atoms with E-state index in [2.05, 4.69) is 4.72 Å². The topological polar surface area (TPSA) is 83.5 Å². The number of halogens is 1. The molecule has 0 amide bonds. The van der Waals surface area contributed by atoms with Crippen LogP contribution in [0.1, 0.15) is 15.9 Å². The van der Waals surface area contributed by atoms with Gasteiger partial charge in [-0.3, -0.25) is 0 Å². The van der Waals surface area contributed by atoms with Crippen LogP contribution in [0.2, 0.25) is 0 Å². The number of hydrogen-bond acceptors (Lipinski definition) is 3. The molecule has 7 heteroatoms. The minimum Gasteiger partial charge on any atom is -0.478 e. The van der Waals surface area contributed by atoms with Crippen LogP contribution in [0.5, 0.6) is 0 Å². The summed E-state index contributed by atoms with van der Waals surface area (Å²) in [6, 6.07) is 10.4. The van der Waals surface area contributed by atoms with E-state index in [1.165, 1.54) is 42.5 Å². The number of hydrogen-bond donors (Lipinski definition) is 2. The Morgan fingerprint density at radius 3 is 2.38 bits per heavy atom. The third kappa shape index (κ3) is 3.87. The molecule has 0 aliphatic heterocycles. The van der Waals surface area contributed by atoms with Gasteiger partial charge >= 0.3 is 5.97 Å². The first-order valence-corrected chi connectivity index (χ1v) is 7.44. The normalized spacial score (nSPS) is 11.3. The van der Waals surface area contributed by atoms with E-state index < -0.39 is 21.8 Å². The molecular formula is C14H12FNO4S. The lowest BCUT2D eigenvalue weighted by Crippen LogP contribution is -2.23. The van der Waals surface area contributed by atoms with Gasteiger partial charge in [-0.1, -0.05) is 12.1 Å². The van der Waals surface area contributed by atoms with Crippen LogP contribution in [-0.4, -0.2) is 19.5 Å². The summed E-state index contributed by atoms with van der Waals surface area (Å²) in [5, 5.41) is 8.76. The van der Waals surface area contributed by atoms with Gasteiger partial charge in [0.15, 0.2) is 0 Å². The molecule has 110 valence electrons. The molecule has 2 aromatic carbocycles. The van der Waals surface area contributed by atoms with Gasteiger partial charge in [-0.05, 0) is 42.0 Å². The van der Waals surface area contributed by atoms with Gasteiger partial charge in [0.1, 0.15) is 5.82 Å². The zero-order valence-electron chi connectivity index (χ0n) is 10.8. The first-order valence-electron chi connectivity index (χ1n) is 5.96. The summed E-state index contributed by atoms with van der Waals surface area (Å²) in [6.07, 6.45) is 0. The Morgan fingerprint density at radius 1 is 1.14 bits per heavy atom. The van der Waals surface area contributed by atoms with Crippen molar-refractivity contribution in [2.45, 2.75) is 11.4 Å². The van der Waals surface area contributed by atoms with E-state index in [9.17, 15) is 17.6 Å². The van der Waals surface area contributed by atoms with Crippen molar-refractivity contribution in [1.82, 2.24) is 4.72 Å². The summed E-state index contributed by atoms with van der Waals surface area (Å²) in [6.45, 7) is -0.0548. The van der Waals surface area contributed by atoms with Gasteiger partial charge in [0.25, 0.3) is 0 Å². The summed E-state index contributed by atoms with van der Waals surface area (Å²) in [7, 11) is -3.78. The molecule has 0 aliphatic carbocycles. The first kappa shape index (κ1) is 15.1. The molecule has 21 heavy (non-hydrogen) atoms. The standard InChI is InChI=1S/C14H12FNO4S/c15-12-3-1-2-10(8-12)9-16-21(19,20)13-6-4-11(5-7-13)14(17)18/h1-8,16H,9H2,(H,17,18). The average Bonchev–Trinajstić information content (AvgIpc) is 2.45. The number of sulfonamides is 1. The van der Waals surface area contributed by atoms with E-state index >= 15 is 0 Å². The molecule has 0 saturated heterocycles. The molecule has 5 nitrogen and oxygen atoms in total. The van der Waals surface area contributed by atoms with Gasteiger partial charge in [0, 0.05) is 6.54 Å². The number of benzene rings is 2. The fourth-order valence-corrected chi connectivity index (χ4v) is 2.70. The Morgan fingerprint density at radius 2 is 1.81 bits per heavy atom. The number of nitrogens with one attached hydrogen (secondary N) is 1. The van der Waals surface area contributed by atoms with Gasteiger partial charge in [0.2, 0.25) is 10.0 Å². The fourth-order valence-electron chi connectivity index (χ4n) is 1.69. The quantitative estimate of drug-likeness (QED) is 0.885. The molecule has 2 rings (SSSR count). The molecular weight excluding hydrogens is 297 g/mol. The lowest BCUT2D eigenvalue weighted by molar-refractivity contribution is 0.0696. The van der Waals surface area contributed by atoms with Crippen LogP contribution in [0.3, 0.4) is 0 Å². The predicted molar refractivity (Wildman–Crippen MR) is 73.8 cm³/mol. The number of carboxylic acid groups (broad SMARTS) is 1. The van der Waals surface area contributed by atoms with Crippen LogP contribution in [0, 0.1) is 5.82 Å². The smallest absolute Gasteiger partial charge is 0.335 e. The van der Waals surface area contributed by atoms with E-state index in [1.807, 2.05) is 0 Å². The molecule has 2 aromatic rings. The summed E-state index contributed by atoms with van der Waals surface area (Å²) >= 11 is 0. The molecule has 0 spiro atoms. The molecule has 0 atom stereocenters. The third-order valence-electron chi connectivity index (χ3n) is 2.77. The number of aromatic carboxylic acids is 1. The number of carbonyl (C=O) groups is 1. The monoisotopic (exact) mass is 309 g/mol. The van der Waals surface area contributed by atoms with Crippen molar-refractivity contribution in [3.63, 3.8) is 0 Å². The van der Waals surface area contributed by atoms with Crippen molar-refractivity contribution in [2.75, 3.05) is 0 Å². The molecule has 0 heterocycles. The van der Waals surface area contributed by atoms with Crippen molar-refractivity contribution >= 4 is 16.0 Å². The van der Waals surface area contributed by atoms with E-state index in [0.717, 1.165) is 0 Å². The average molecular weight is 309 g/mol. The molecule has 2 N–H and O–H groups in total. The molecule has 0 radical (unpaired) electrons. The van der Waals surface area contributed by atoms with Crippen LogP contribution in [-0.2, 0) is 16.6 Å². The Kier molecular flexibility index (Phi) is 4.35. The van der Waals surface area contributed by atoms with E-state index in [-0.39, 0.29) is 17.0 Å². The maximum Gasteiger partial charge on any atom is 0.335 e. The second-order valence-electron chi connectivity index (χ2n) is 4.28. The lowest BCUT2D eigenvalue weighted by Gasteiger charge is -2.07.